The Morgan fingerprint density at radius 1 is 1.23 bits per heavy atom. The summed E-state index contributed by atoms with van der Waals surface area (Å²) in [5.41, 5.74) is 2.47. The third-order valence-corrected chi connectivity index (χ3v) is 6.76. The SMILES string of the molecule is CCOC(=O)C1CC(O)(c2cccc(COc3ccc(-c4ccnn4C4CCCCO4)nc3)c2)C1. The summed E-state index contributed by atoms with van der Waals surface area (Å²) in [5, 5.41) is 15.4. The smallest absolute Gasteiger partial charge is 0.309 e. The molecule has 2 fully saturated rings. The van der Waals surface area contributed by atoms with Crippen molar-refractivity contribution in [3.05, 3.63) is 66.0 Å². The number of hydrogen-bond acceptors (Lipinski definition) is 7. The Bertz CT molecular complexity index is 1150. The lowest BCUT2D eigenvalue weighted by molar-refractivity contribution is -0.165. The van der Waals surface area contributed by atoms with Crippen molar-refractivity contribution >= 4 is 5.97 Å². The van der Waals surface area contributed by atoms with Gasteiger partial charge in [0.2, 0.25) is 0 Å². The first-order valence-electron chi connectivity index (χ1n) is 12.3. The lowest BCUT2D eigenvalue weighted by atomic mass is 9.67. The second kappa shape index (κ2) is 10.2. The number of pyridine rings is 1. The van der Waals surface area contributed by atoms with Gasteiger partial charge in [0.05, 0.1) is 35.7 Å². The molecule has 35 heavy (non-hydrogen) atoms. The number of rotatable bonds is 8. The lowest BCUT2D eigenvalue weighted by Crippen LogP contribution is -2.45. The molecule has 1 aromatic carbocycles. The van der Waals surface area contributed by atoms with Crippen LogP contribution in [0.5, 0.6) is 5.75 Å². The van der Waals surface area contributed by atoms with Gasteiger partial charge in [-0.15, -0.1) is 0 Å². The Kier molecular flexibility index (Phi) is 6.83. The molecule has 1 atom stereocenters. The van der Waals surface area contributed by atoms with Gasteiger partial charge in [0.15, 0.2) is 6.23 Å². The molecular formula is C27H31N3O5. The second-order valence-electron chi connectivity index (χ2n) is 9.24. The highest BCUT2D eigenvalue weighted by atomic mass is 16.5. The fourth-order valence-electron chi connectivity index (χ4n) is 4.82. The summed E-state index contributed by atoms with van der Waals surface area (Å²) in [4.78, 5) is 16.5. The summed E-state index contributed by atoms with van der Waals surface area (Å²) in [6, 6.07) is 13.5. The van der Waals surface area contributed by atoms with Crippen molar-refractivity contribution in [3.8, 4) is 17.1 Å². The minimum absolute atomic E-state index is 0.0446. The normalized spacial score (nSPS) is 23.9. The predicted molar refractivity (Wildman–Crippen MR) is 128 cm³/mol. The van der Waals surface area contributed by atoms with Gasteiger partial charge < -0.3 is 19.3 Å². The molecule has 2 aliphatic rings. The molecule has 1 unspecified atom stereocenters. The summed E-state index contributed by atoms with van der Waals surface area (Å²) in [7, 11) is 0. The molecule has 3 heterocycles. The highest BCUT2D eigenvalue weighted by Crippen LogP contribution is 2.46. The molecule has 0 radical (unpaired) electrons. The van der Waals surface area contributed by atoms with E-state index in [9.17, 15) is 9.90 Å². The van der Waals surface area contributed by atoms with Crippen LogP contribution in [0.4, 0.5) is 0 Å². The van der Waals surface area contributed by atoms with Crippen LogP contribution in [-0.2, 0) is 26.5 Å². The van der Waals surface area contributed by atoms with E-state index in [1.165, 1.54) is 0 Å². The minimum atomic E-state index is -0.998. The van der Waals surface area contributed by atoms with Gasteiger partial charge in [0.1, 0.15) is 12.4 Å². The summed E-state index contributed by atoms with van der Waals surface area (Å²) in [6.45, 7) is 3.25. The first-order valence-corrected chi connectivity index (χ1v) is 12.3. The molecule has 5 rings (SSSR count). The first kappa shape index (κ1) is 23.5. The van der Waals surface area contributed by atoms with Gasteiger partial charge in [0, 0.05) is 12.8 Å². The summed E-state index contributed by atoms with van der Waals surface area (Å²) >= 11 is 0. The number of hydrogen-bond donors (Lipinski definition) is 1. The molecule has 8 heteroatoms. The number of benzene rings is 1. The Labute approximate surface area is 204 Å². The summed E-state index contributed by atoms with van der Waals surface area (Å²) < 4.78 is 18.8. The van der Waals surface area contributed by atoms with Crippen LogP contribution >= 0.6 is 0 Å². The molecule has 184 valence electrons. The fraction of sp³-hybridized carbons (Fsp3) is 0.444. The Morgan fingerprint density at radius 2 is 2.11 bits per heavy atom. The van der Waals surface area contributed by atoms with Gasteiger partial charge in [-0.05, 0) is 74.4 Å². The van der Waals surface area contributed by atoms with E-state index >= 15 is 0 Å². The zero-order valence-electron chi connectivity index (χ0n) is 19.9. The molecule has 0 spiro atoms. The number of aliphatic hydroxyl groups is 1. The number of carbonyl (C=O) groups excluding carboxylic acids is 1. The number of esters is 1. The summed E-state index contributed by atoms with van der Waals surface area (Å²) in [5.74, 6) is 0.177. The maximum absolute atomic E-state index is 11.9. The van der Waals surface area contributed by atoms with Crippen LogP contribution in [0.15, 0.2) is 54.9 Å². The summed E-state index contributed by atoms with van der Waals surface area (Å²) in [6.07, 6.45) is 7.38. The third-order valence-electron chi connectivity index (χ3n) is 6.76. The van der Waals surface area contributed by atoms with Gasteiger partial charge in [-0.1, -0.05) is 18.2 Å². The van der Waals surface area contributed by atoms with Gasteiger partial charge in [0.25, 0.3) is 0 Å². The van der Waals surface area contributed by atoms with E-state index in [4.69, 9.17) is 14.2 Å². The molecule has 8 nitrogen and oxygen atoms in total. The van der Waals surface area contributed by atoms with Crippen LogP contribution in [0, 0.1) is 5.92 Å². The topological polar surface area (TPSA) is 95.7 Å². The largest absolute Gasteiger partial charge is 0.487 e. The highest BCUT2D eigenvalue weighted by molar-refractivity contribution is 5.74. The maximum atomic E-state index is 11.9. The van der Waals surface area contributed by atoms with Crippen molar-refractivity contribution in [1.82, 2.24) is 14.8 Å². The average molecular weight is 478 g/mol. The van der Waals surface area contributed by atoms with Gasteiger partial charge >= 0.3 is 5.97 Å². The Morgan fingerprint density at radius 3 is 2.86 bits per heavy atom. The first-order chi connectivity index (χ1) is 17.1. The molecule has 1 N–H and O–H groups in total. The van der Waals surface area contributed by atoms with Crippen molar-refractivity contribution < 1.29 is 24.1 Å². The molecule has 1 saturated carbocycles. The van der Waals surface area contributed by atoms with Crippen molar-refractivity contribution in [2.45, 2.75) is 57.5 Å². The quantitative estimate of drug-likeness (QED) is 0.481. The number of nitrogens with zero attached hydrogens (tertiary/aromatic N) is 3. The van der Waals surface area contributed by atoms with Gasteiger partial charge in [-0.25, -0.2) is 4.68 Å². The van der Waals surface area contributed by atoms with Crippen LogP contribution in [0.25, 0.3) is 11.4 Å². The Hall–Kier alpha value is -3.23. The zero-order chi connectivity index (χ0) is 24.3. The lowest BCUT2D eigenvalue weighted by Gasteiger charge is -2.42. The monoisotopic (exact) mass is 477 g/mol. The minimum Gasteiger partial charge on any atom is -0.487 e. The van der Waals surface area contributed by atoms with E-state index in [0.29, 0.717) is 31.8 Å². The molecule has 1 aliphatic carbocycles. The molecule has 1 aliphatic heterocycles. The van der Waals surface area contributed by atoms with Crippen LogP contribution in [0.1, 0.15) is 56.4 Å². The average Bonchev–Trinajstić information content (AvgIpc) is 3.37. The van der Waals surface area contributed by atoms with Gasteiger partial charge in [-0.2, -0.15) is 5.10 Å². The maximum Gasteiger partial charge on any atom is 0.309 e. The predicted octanol–water partition coefficient (Wildman–Crippen LogP) is 4.38. The Balaban J connectivity index is 1.20. The van der Waals surface area contributed by atoms with Crippen molar-refractivity contribution in [3.63, 3.8) is 0 Å². The van der Waals surface area contributed by atoms with Crippen LogP contribution < -0.4 is 4.74 Å². The van der Waals surface area contributed by atoms with Crippen LogP contribution in [0.3, 0.4) is 0 Å². The number of aromatic nitrogens is 3. The van der Waals surface area contributed by atoms with Crippen LogP contribution in [-0.4, -0.2) is 39.1 Å². The molecular weight excluding hydrogens is 446 g/mol. The second-order valence-corrected chi connectivity index (χ2v) is 9.24. The molecule has 1 saturated heterocycles. The van der Waals surface area contributed by atoms with E-state index in [1.54, 1.807) is 19.3 Å². The molecule has 0 amide bonds. The number of ether oxygens (including phenoxy) is 3. The standard InChI is InChI=1S/C27H31N3O5/c1-2-33-26(31)20-15-27(32,16-20)21-7-5-6-19(14-21)18-35-22-9-10-23(28-17-22)24-11-12-29-30(24)25-8-3-4-13-34-25/h5-7,9-12,14,17,20,25,32H,2-4,8,13,15-16,18H2,1H3. The van der Waals surface area contributed by atoms with Crippen molar-refractivity contribution in [2.24, 2.45) is 5.92 Å². The highest BCUT2D eigenvalue weighted by Gasteiger charge is 2.48. The van der Waals surface area contributed by atoms with E-state index < -0.39 is 5.60 Å². The van der Waals surface area contributed by atoms with Crippen molar-refractivity contribution in [2.75, 3.05) is 13.2 Å². The molecule has 0 bridgehead atoms. The molecule has 3 aromatic rings. The molecule has 2 aromatic heterocycles. The zero-order valence-corrected chi connectivity index (χ0v) is 19.9. The van der Waals surface area contributed by atoms with E-state index in [0.717, 1.165) is 48.4 Å². The van der Waals surface area contributed by atoms with E-state index in [-0.39, 0.29) is 18.1 Å². The van der Waals surface area contributed by atoms with Crippen LogP contribution in [0.2, 0.25) is 0 Å². The van der Waals surface area contributed by atoms with E-state index in [2.05, 4.69) is 10.1 Å². The fourth-order valence-corrected chi connectivity index (χ4v) is 4.82. The van der Waals surface area contributed by atoms with Gasteiger partial charge in [-0.3, -0.25) is 9.78 Å². The third kappa shape index (κ3) is 5.09. The van der Waals surface area contributed by atoms with E-state index in [1.807, 2.05) is 47.1 Å². The van der Waals surface area contributed by atoms with Crippen molar-refractivity contribution in [1.29, 1.82) is 0 Å². The number of carbonyl (C=O) groups is 1.